The molecule has 0 spiro atoms. The number of nitrogens with zero attached hydrogens (tertiary/aromatic N) is 4. The summed E-state index contributed by atoms with van der Waals surface area (Å²) in [7, 11) is 0. The minimum absolute atomic E-state index is 0.0898. The quantitative estimate of drug-likeness (QED) is 0.707. The molecule has 1 saturated heterocycles. The molecule has 4 rings (SSSR count). The molecule has 0 unspecified atom stereocenters. The predicted octanol–water partition coefficient (Wildman–Crippen LogP) is 3.73. The van der Waals surface area contributed by atoms with Crippen LogP contribution in [0.15, 0.2) is 53.2 Å². The van der Waals surface area contributed by atoms with Crippen molar-refractivity contribution < 1.29 is 9.21 Å². The second kappa shape index (κ2) is 7.70. The van der Waals surface area contributed by atoms with Crippen LogP contribution in [0.3, 0.4) is 0 Å². The van der Waals surface area contributed by atoms with Crippen LogP contribution in [-0.4, -0.2) is 32.3 Å². The highest BCUT2D eigenvalue weighted by Crippen LogP contribution is 2.32. The normalized spacial score (nSPS) is 17.1. The van der Waals surface area contributed by atoms with Crippen molar-refractivity contribution in [1.29, 1.82) is 0 Å². The summed E-state index contributed by atoms with van der Waals surface area (Å²) >= 11 is 0. The molecule has 3 heterocycles. The Morgan fingerprint density at radius 1 is 1.19 bits per heavy atom. The number of hydrogen-bond donors (Lipinski definition) is 0. The van der Waals surface area contributed by atoms with Crippen LogP contribution in [0, 0.1) is 6.92 Å². The van der Waals surface area contributed by atoms with Gasteiger partial charge in [0.25, 0.3) is 5.91 Å². The van der Waals surface area contributed by atoms with Gasteiger partial charge in [-0.15, -0.1) is 0 Å². The summed E-state index contributed by atoms with van der Waals surface area (Å²) in [6.45, 7) is 2.47. The van der Waals surface area contributed by atoms with Crippen LogP contribution in [0.5, 0.6) is 0 Å². The van der Waals surface area contributed by atoms with Crippen molar-refractivity contribution in [2.75, 3.05) is 6.54 Å². The summed E-state index contributed by atoms with van der Waals surface area (Å²) in [5.74, 6) is 1.93. The molecule has 27 heavy (non-hydrogen) atoms. The van der Waals surface area contributed by atoms with Crippen LogP contribution < -0.4 is 0 Å². The Morgan fingerprint density at radius 3 is 2.85 bits per heavy atom. The summed E-state index contributed by atoms with van der Waals surface area (Å²) in [6.07, 6.45) is 6.96. The topological polar surface area (TPSA) is 72.1 Å². The maximum absolute atomic E-state index is 13.0. The number of oxazole rings is 1. The SMILES string of the molecule is Cc1nccc(C(=O)N2CCCC[C@@H]2c2ncc(Cc3ccccc3)o2)n1. The molecule has 0 bridgehead atoms. The maximum Gasteiger partial charge on any atom is 0.273 e. The lowest BCUT2D eigenvalue weighted by molar-refractivity contribution is 0.0563. The second-order valence-corrected chi connectivity index (χ2v) is 6.83. The van der Waals surface area contributed by atoms with Crippen LogP contribution >= 0.6 is 0 Å². The lowest BCUT2D eigenvalue weighted by Crippen LogP contribution is -2.39. The van der Waals surface area contributed by atoms with Crippen molar-refractivity contribution in [2.45, 2.75) is 38.6 Å². The van der Waals surface area contributed by atoms with Gasteiger partial charge < -0.3 is 9.32 Å². The van der Waals surface area contributed by atoms with Gasteiger partial charge >= 0.3 is 0 Å². The van der Waals surface area contributed by atoms with E-state index in [0.717, 1.165) is 25.0 Å². The Kier molecular flexibility index (Phi) is 4.96. The second-order valence-electron chi connectivity index (χ2n) is 6.83. The van der Waals surface area contributed by atoms with Gasteiger partial charge in [-0.25, -0.2) is 15.0 Å². The van der Waals surface area contributed by atoms with E-state index in [4.69, 9.17) is 4.42 Å². The Bertz CT molecular complexity index is 923. The van der Waals surface area contributed by atoms with E-state index in [1.165, 1.54) is 5.56 Å². The lowest BCUT2D eigenvalue weighted by atomic mass is 10.0. The van der Waals surface area contributed by atoms with Gasteiger partial charge in [0.05, 0.1) is 6.20 Å². The summed E-state index contributed by atoms with van der Waals surface area (Å²) in [6, 6.07) is 11.7. The number of aryl methyl sites for hydroxylation is 1. The molecular formula is C21H22N4O2. The third-order valence-corrected chi connectivity index (χ3v) is 4.84. The van der Waals surface area contributed by atoms with Crippen molar-refractivity contribution in [3.05, 3.63) is 77.5 Å². The highest BCUT2D eigenvalue weighted by molar-refractivity contribution is 5.92. The van der Waals surface area contributed by atoms with E-state index in [2.05, 4.69) is 27.1 Å². The van der Waals surface area contributed by atoms with Gasteiger partial charge in [0.15, 0.2) is 0 Å². The van der Waals surface area contributed by atoms with E-state index in [0.29, 0.717) is 30.4 Å². The van der Waals surface area contributed by atoms with E-state index in [1.807, 2.05) is 23.1 Å². The van der Waals surface area contributed by atoms with Gasteiger partial charge in [0, 0.05) is 19.2 Å². The van der Waals surface area contributed by atoms with E-state index in [1.54, 1.807) is 25.4 Å². The van der Waals surface area contributed by atoms with Gasteiger partial charge in [-0.1, -0.05) is 30.3 Å². The van der Waals surface area contributed by atoms with Crippen LogP contribution in [-0.2, 0) is 6.42 Å². The van der Waals surface area contributed by atoms with Gasteiger partial charge in [-0.3, -0.25) is 4.79 Å². The molecular weight excluding hydrogens is 340 g/mol. The Labute approximate surface area is 158 Å². The molecule has 0 aliphatic carbocycles. The first kappa shape index (κ1) is 17.4. The molecule has 1 atom stereocenters. The average molecular weight is 362 g/mol. The molecule has 6 nitrogen and oxygen atoms in total. The van der Waals surface area contributed by atoms with Crippen LogP contribution in [0.1, 0.15) is 58.8 Å². The third-order valence-electron chi connectivity index (χ3n) is 4.84. The molecule has 138 valence electrons. The number of aromatic nitrogens is 3. The Balaban J connectivity index is 1.55. The highest BCUT2D eigenvalue weighted by atomic mass is 16.4. The summed E-state index contributed by atoms with van der Waals surface area (Å²) in [5, 5.41) is 0. The molecule has 1 aliphatic heterocycles. The van der Waals surface area contributed by atoms with Crippen molar-refractivity contribution in [3.8, 4) is 0 Å². The van der Waals surface area contributed by atoms with Gasteiger partial charge in [-0.2, -0.15) is 0 Å². The molecule has 0 N–H and O–H groups in total. The summed E-state index contributed by atoms with van der Waals surface area (Å²) in [5.41, 5.74) is 1.60. The Hall–Kier alpha value is -3.02. The Morgan fingerprint density at radius 2 is 2.04 bits per heavy atom. The van der Waals surface area contributed by atoms with Gasteiger partial charge in [-0.05, 0) is 37.8 Å². The van der Waals surface area contributed by atoms with E-state index >= 15 is 0 Å². The average Bonchev–Trinajstić information content (AvgIpc) is 3.16. The fourth-order valence-corrected chi connectivity index (χ4v) is 3.51. The summed E-state index contributed by atoms with van der Waals surface area (Å²) < 4.78 is 6.03. The molecule has 1 amide bonds. The zero-order valence-corrected chi connectivity index (χ0v) is 15.3. The van der Waals surface area contributed by atoms with Gasteiger partial charge in [0.1, 0.15) is 23.3 Å². The third kappa shape index (κ3) is 3.89. The molecule has 1 fully saturated rings. The zero-order chi connectivity index (χ0) is 18.6. The molecule has 0 radical (unpaired) electrons. The first-order valence-electron chi connectivity index (χ1n) is 9.30. The van der Waals surface area contributed by atoms with E-state index in [9.17, 15) is 4.79 Å². The minimum atomic E-state index is -0.147. The number of hydrogen-bond acceptors (Lipinski definition) is 5. The van der Waals surface area contributed by atoms with Crippen molar-refractivity contribution >= 4 is 5.91 Å². The van der Waals surface area contributed by atoms with Crippen LogP contribution in [0.4, 0.5) is 0 Å². The number of carbonyl (C=O) groups excluding carboxylic acids is 1. The minimum Gasteiger partial charge on any atom is -0.443 e. The predicted molar refractivity (Wildman–Crippen MR) is 100 cm³/mol. The van der Waals surface area contributed by atoms with Crippen LogP contribution in [0.25, 0.3) is 0 Å². The number of amides is 1. The number of rotatable bonds is 4. The fourth-order valence-electron chi connectivity index (χ4n) is 3.51. The summed E-state index contributed by atoms with van der Waals surface area (Å²) in [4.78, 5) is 27.7. The van der Waals surface area contributed by atoms with Crippen molar-refractivity contribution in [2.24, 2.45) is 0 Å². The smallest absolute Gasteiger partial charge is 0.273 e. The number of piperidine rings is 1. The molecule has 1 aromatic carbocycles. The number of likely N-dealkylation sites (tertiary alicyclic amines) is 1. The zero-order valence-electron chi connectivity index (χ0n) is 15.3. The highest BCUT2D eigenvalue weighted by Gasteiger charge is 2.32. The first-order chi connectivity index (χ1) is 13.2. The molecule has 3 aromatic rings. The first-order valence-corrected chi connectivity index (χ1v) is 9.30. The maximum atomic E-state index is 13.0. The fraction of sp³-hybridized carbons (Fsp3) is 0.333. The molecule has 0 saturated carbocycles. The number of benzene rings is 1. The number of carbonyl (C=O) groups is 1. The van der Waals surface area contributed by atoms with Crippen molar-refractivity contribution in [1.82, 2.24) is 19.9 Å². The molecule has 6 heteroatoms. The van der Waals surface area contributed by atoms with Gasteiger partial charge in [0.2, 0.25) is 5.89 Å². The lowest BCUT2D eigenvalue weighted by Gasteiger charge is -2.33. The van der Waals surface area contributed by atoms with Crippen LogP contribution in [0.2, 0.25) is 0 Å². The molecule has 1 aliphatic rings. The largest absolute Gasteiger partial charge is 0.443 e. The molecule has 2 aromatic heterocycles. The van der Waals surface area contributed by atoms with E-state index in [-0.39, 0.29) is 11.9 Å². The van der Waals surface area contributed by atoms with E-state index < -0.39 is 0 Å². The standard InChI is InChI=1S/C21H22N4O2/c1-15-22-11-10-18(24-15)21(26)25-12-6-5-9-19(25)20-23-14-17(27-20)13-16-7-3-2-4-8-16/h2-4,7-8,10-11,14,19H,5-6,9,12-13H2,1H3/t19-/m1/s1. The monoisotopic (exact) mass is 362 g/mol. The van der Waals surface area contributed by atoms with Crippen molar-refractivity contribution in [3.63, 3.8) is 0 Å².